The van der Waals surface area contributed by atoms with Gasteiger partial charge in [0.1, 0.15) is 23.6 Å². The van der Waals surface area contributed by atoms with Crippen molar-refractivity contribution in [1.82, 2.24) is 19.7 Å². The Labute approximate surface area is 167 Å². The molecule has 0 aliphatic carbocycles. The van der Waals surface area contributed by atoms with E-state index in [2.05, 4.69) is 39.5 Å². The normalized spacial score (nSPS) is 12.0. The molecule has 0 fully saturated rings. The number of carbonyl (C=O) groups excluding carboxylic acids is 2. The number of nitrogens with one attached hydrogen (secondary N) is 2. The third-order valence-electron chi connectivity index (χ3n) is 4.14. The number of amides is 2. The Morgan fingerprint density at radius 1 is 1.07 bits per heavy atom. The standard InChI is InChI=1S/C19H22N6O2S/c1-11(2)19-22-12(3)16(28-19)18(27)24-15-7-5-14(6-8-15)23-17(26)13(4)25-10-20-9-21-25/h5-11,13H,1-4H3,(H,23,26)(H,24,27). The largest absolute Gasteiger partial charge is 0.324 e. The first-order valence-electron chi connectivity index (χ1n) is 8.89. The zero-order valence-corrected chi connectivity index (χ0v) is 16.9. The number of nitrogens with zero attached hydrogens (tertiary/aromatic N) is 4. The van der Waals surface area contributed by atoms with Crippen LogP contribution in [0, 0.1) is 6.92 Å². The molecule has 2 amide bonds. The summed E-state index contributed by atoms with van der Waals surface area (Å²) in [6.45, 7) is 7.68. The number of aryl methyl sites for hydroxylation is 1. The summed E-state index contributed by atoms with van der Waals surface area (Å²) in [6.07, 6.45) is 2.88. The van der Waals surface area contributed by atoms with Crippen molar-refractivity contribution in [3.63, 3.8) is 0 Å². The lowest BCUT2D eigenvalue weighted by molar-refractivity contribution is -0.119. The summed E-state index contributed by atoms with van der Waals surface area (Å²) in [5.74, 6) is -0.102. The lowest BCUT2D eigenvalue weighted by Crippen LogP contribution is -2.24. The van der Waals surface area contributed by atoms with Crippen molar-refractivity contribution in [2.45, 2.75) is 39.7 Å². The van der Waals surface area contributed by atoms with Crippen molar-refractivity contribution in [1.29, 1.82) is 0 Å². The summed E-state index contributed by atoms with van der Waals surface area (Å²) in [4.78, 5) is 33.7. The van der Waals surface area contributed by atoms with Gasteiger partial charge in [-0.2, -0.15) is 5.10 Å². The highest BCUT2D eigenvalue weighted by Crippen LogP contribution is 2.25. The first kappa shape index (κ1) is 19.7. The number of benzene rings is 1. The summed E-state index contributed by atoms with van der Waals surface area (Å²) >= 11 is 1.41. The minimum atomic E-state index is -0.480. The average Bonchev–Trinajstić information content (AvgIpc) is 3.32. The molecule has 9 heteroatoms. The molecular weight excluding hydrogens is 376 g/mol. The van der Waals surface area contributed by atoms with Crippen LogP contribution in [-0.2, 0) is 4.79 Å². The number of aromatic nitrogens is 4. The van der Waals surface area contributed by atoms with Gasteiger partial charge >= 0.3 is 0 Å². The predicted octanol–water partition coefficient (Wildman–Crippen LogP) is 3.62. The fraction of sp³-hybridized carbons (Fsp3) is 0.316. The molecular formula is C19H22N6O2S. The Kier molecular flexibility index (Phi) is 5.84. The summed E-state index contributed by atoms with van der Waals surface area (Å²) in [7, 11) is 0. The number of hydrogen-bond acceptors (Lipinski definition) is 6. The van der Waals surface area contributed by atoms with Crippen molar-refractivity contribution in [2.75, 3.05) is 10.6 Å². The Hall–Kier alpha value is -3.07. The van der Waals surface area contributed by atoms with E-state index >= 15 is 0 Å². The molecule has 8 nitrogen and oxygen atoms in total. The van der Waals surface area contributed by atoms with Crippen LogP contribution in [0.15, 0.2) is 36.9 Å². The molecule has 3 rings (SSSR count). The van der Waals surface area contributed by atoms with Gasteiger partial charge in [0.25, 0.3) is 5.91 Å². The number of rotatable bonds is 6. The zero-order valence-electron chi connectivity index (χ0n) is 16.1. The lowest BCUT2D eigenvalue weighted by atomic mass is 10.2. The van der Waals surface area contributed by atoms with Crippen LogP contribution in [0.5, 0.6) is 0 Å². The molecule has 0 aliphatic heterocycles. The van der Waals surface area contributed by atoms with Gasteiger partial charge in [0.2, 0.25) is 5.91 Å². The van der Waals surface area contributed by atoms with Crippen LogP contribution in [-0.4, -0.2) is 31.6 Å². The zero-order chi connectivity index (χ0) is 20.3. The number of thiazole rings is 1. The van der Waals surface area contributed by atoms with Crippen molar-refractivity contribution >= 4 is 34.5 Å². The SMILES string of the molecule is Cc1nc(C(C)C)sc1C(=O)Nc1ccc(NC(=O)C(C)n2cncn2)cc1. The van der Waals surface area contributed by atoms with E-state index in [4.69, 9.17) is 0 Å². The fourth-order valence-electron chi connectivity index (χ4n) is 2.48. The Bertz CT molecular complexity index is 963. The van der Waals surface area contributed by atoms with Gasteiger partial charge in [-0.1, -0.05) is 13.8 Å². The van der Waals surface area contributed by atoms with E-state index in [1.54, 1.807) is 31.2 Å². The lowest BCUT2D eigenvalue weighted by Gasteiger charge is -2.12. The molecule has 0 aliphatic rings. The summed E-state index contributed by atoms with van der Waals surface area (Å²) in [5, 5.41) is 10.6. The maximum absolute atomic E-state index is 12.5. The topological polar surface area (TPSA) is 102 Å². The molecule has 28 heavy (non-hydrogen) atoms. The summed E-state index contributed by atoms with van der Waals surface area (Å²) in [5.41, 5.74) is 2.01. The van der Waals surface area contributed by atoms with Crippen LogP contribution in [0.2, 0.25) is 0 Å². The van der Waals surface area contributed by atoms with E-state index in [0.717, 1.165) is 10.7 Å². The highest BCUT2D eigenvalue weighted by Gasteiger charge is 2.18. The van der Waals surface area contributed by atoms with Gasteiger partial charge in [-0.05, 0) is 38.1 Å². The van der Waals surface area contributed by atoms with Crippen molar-refractivity contribution in [3.05, 3.63) is 52.5 Å². The molecule has 3 aromatic rings. The highest BCUT2D eigenvalue weighted by atomic mass is 32.1. The van der Waals surface area contributed by atoms with Crippen LogP contribution in [0.4, 0.5) is 11.4 Å². The van der Waals surface area contributed by atoms with Crippen LogP contribution >= 0.6 is 11.3 Å². The minimum absolute atomic E-state index is 0.182. The summed E-state index contributed by atoms with van der Waals surface area (Å²) < 4.78 is 1.48. The Morgan fingerprint density at radius 3 is 2.25 bits per heavy atom. The van der Waals surface area contributed by atoms with Gasteiger partial charge in [0, 0.05) is 17.3 Å². The minimum Gasteiger partial charge on any atom is -0.324 e. The van der Waals surface area contributed by atoms with Gasteiger partial charge in [-0.25, -0.2) is 14.6 Å². The monoisotopic (exact) mass is 398 g/mol. The second-order valence-electron chi connectivity index (χ2n) is 6.69. The number of carbonyl (C=O) groups is 2. The van der Waals surface area contributed by atoms with Crippen molar-refractivity contribution in [2.24, 2.45) is 0 Å². The van der Waals surface area contributed by atoms with Gasteiger partial charge in [-0.15, -0.1) is 11.3 Å². The van der Waals surface area contributed by atoms with E-state index in [1.165, 1.54) is 28.7 Å². The smallest absolute Gasteiger partial charge is 0.267 e. The highest BCUT2D eigenvalue weighted by molar-refractivity contribution is 7.14. The molecule has 146 valence electrons. The fourth-order valence-corrected chi connectivity index (χ4v) is 3.45. The number of hydrogen-bond donors (Lipinski definition) is 2. The van der Waals surface area contributed by atoms with Crippen molar-refractivity contribution < 1.29 is 9.59 Å². The molecule has 2 aromatic heterocycles. The maximum Gasteiger partial charge on any atom is 0.267 e. The van der Waals surface area contributed by atoms with Crippen LogP contribution < -0.4 is 10.6 Å². The van der Waals surface area contributed by atoms with Crippen molar-refractivity contribution in [3.8, 4) is 0 Å². The van der Waals surface area contributed by atoms with Crippen LogP contribution in [0.25, 0.3) is 0 Å². The average molecular weight is 398 g/mol. The second-order valence-corrected chi connectivity index (χ2v) is 7.72. The first-order chi connectivity index (χ1) is 13.3. The van der Waals surface area contributed by atoms with Gasteiger partial charge in [0.15, 0.2) is 0 Å². The van der Waals surface area contributed by atoms with E-state index in [-0.39, 0.29) is 17.7 Å². The van der Waals surface area contributed by atoms with Crippen LogP contribution in [0.1, 0.15) is 53.1 Å². The van der Waals surface area contributed by atoms with Crippen LogP contribution in [0.3, 0.4) is 0 Å². The maximum atomic E-state index is 12.5. The van der Waals surface area contributed by atoms with Gasteiger partial charge in [0.05, 0.1) is 10.7 Å². The molecule has 0 spiro atoms. The van der Waals surface area contributed by atoms with E-state index < -0.39 is 6.04 Å². The molecule has 1 aromatic carbocycles. The molecule has 1 unspecified atom stereocenters. The first-order valence-corrected chi connectivity index (χ1v) is 9.70. The van der Waals surface area contributed by atoms with Gasteiger partial charge in [-0.3, -0.25) is 9.59 Å². The second kappa shape index (κ2) is 8.30. The van der Waals surface area contributed by atoms with E-state index in [0.29, 0.717) is 16.3 Å². The molecule has 0 bridgehead atoms. The summed E-state index contributed by atoms with van der Waals surface area (Å²) in [6, 6.07) is 6.48. The molecule has 0 saturated heterocycles. The molecule has 1 atom stereocenters. The quantitative estimate of drug-likeness (QED) is 0.660. The third kappa shape index (κ3) is 4.42. The molecule has 2 N–H and O–H groups in total. The molecule has 2 heterocycles. The molecule has 0 radical (unpaired) electrons. The molecule has 0 saturated carbocycles. The number of anilines is 2. The van der Waals surface area contributed by atoms with E-state index in [9.17, 15) is 9.59 Å². The van der Waals surface area contributed by atoms with E-state index in [1.807, 2.05) is 6.92 Å². The third-order valence-corrected chi connectivity index (χ3v) is 5.59. The Balaban J connectivity index is 1.63. The Morgan fingerprint density at radius 2 is 1.71 bits per heavy atom. The van der Waals surface area contributed by atoms with Gasteiger partial charge < -0.3 is 10.6 Å². The predicted molar refractivity (Wildman–Crippen MR) is 109 cm³/mol.